The number of anilines is 1. The second-order valence-corrected chi connectivity index (χ2v) is 10.6. The van der Waals surface area contributed by atoms with Crippen molar-refractivity contribution in [2.24, 2.45) is 5.92 Å². The first kappa shape index (κ1) is 24.4. The summed E-state index contributed by atoms with van der Waals surface area (Å²) in [4.78, 5) is 54.8. The van der Waals surface area contributed by atoms with Gasteiger partial charge in [-0.3, -0.25) is 19.8 Å². The van der Waals surface area contributed by atoms with E-state index in [2.05, 4.69) is 21.4 Å². The number of hydrogen-bond donors (Lipinski definition) is 2. The molecule has 2 fully saturated rings. The molecule has 2 aromatic carbocycles. The van der Waals surface area contributed by atoms with E-state index in [9.17, 15) is 23.6 Å². The number of ether oxygens (including phenoxy) is 1. The van der Waals surface area contributed by atoms with Crippen LogP contribution in [0.4, 0.5) is 19.7 Å². The summed E-state index contributed by atoms with van der Waals surface area (Å²) in [6, 6.07) is 10.1. The van der Waals surface area contributed by atoms with Crippen molar-refractivity contribution in [3.05, 3.63) is 64.5 Å². The molecule has 198 valence electrons. The number of hydrogen-bond acceptors (Lipinski definition) is 5. The molecule has 2 aliphatic heterocycles. The van der Waals surface area contributed by atoms with Crippen molar-refractivity contribution in [3.8, 4) is 0 Å². The summed E-state index contributed by atoms with van der Waals surface area (Å²) in [5.41, 5.74) is 1.81. The van der Waals surface area contributed by atoms with E-state index in [1.807, 2.05) is 23.1 Å². The smallest absolute Gasteiger partial charge is 0.411 e. The lowest BCUT2D eigenvalue weighted by atomic mass is 9.91. The fraction of sp³-hybridized carbons (Fsp3) is 0.429. The summed E-state index contributed by atoms with van der Waals surface area (Å²) in [6.07, 6.45) is 3.71. The number of benzene rings is 2. The number of nitrogens with one attached hydrogen (secondary N) is 2. The van der Waals surface area contributed by atoms with E-state index in [4.69, 9.17) is 0 Å². The van der Waals surface area contributed by atoms with Gasteiger partial charge in [0.15, 0.2) is 0 Å². The molecule has 1 saturated carbocycles. The van der Waals surface area contributed by atoms with E-state index in [0.29, 0.717) is 30.0 Å². The highest BCUT2D eigenvalue weighted by molar-refractivity contribution is 6.10. The molecule has 2 heterocycles. The molecule has 2 unspecified atom stereocenters. The molecule has 5 amide bonds. The maximum absolute atomic E-state index is 14.9. The van der Waals surface area contributed by atoms with Gasteiger partial charge < -0.3 is 15.0 Å². The molecule has 2 aliphatic carbocycles. The third-order valence-corrected chi connectivity index (χ3v) is 8.37. The molecule has 38 heavy (non-hydrogen) atoms. The minimum Gasteiger partial charge on any atom is -0.453 e. The first-order chi connectivity index (χ1) is 18.3. The number of methoxy groups -OCH3 is 1. The van der Waals surface area contributed by atoms with Gasteiger partial charge in [0.05, 0.1) is 12.8 Å². The van der Waals surface area contributed by atoms with Crippen molar-refractivity contribution >= 4 is 29.6 Å². The zero-order chi connectivity index (χ0) is 26.6. The Morgan fingerprint density at radius 2 is 1.87 bits per heavy atom. The van der Waals surface area contributed by atoms with E-state index in [1.165, 1.54) is 24.8 Å². The Kier molecular flexibility index (Phi) is 5.85. The predicted octanol–water partition coefficient (Wildman–Crippen LogP) is 3.45. The number of nitrogens with zero attached hydrogens (tertiary/aromatic N) is 2. The van der Waals surface area contributed by atoms with Crippen LogP contribution >= 0.6 is 0 Å². The number of aryl methyl sites for hydroxylation is 2. The Balaban J connectivity index is 1.25. The molecule has 4 aliphatic rings. The van der Waals surface area contributed by atoms with Crippen molar-refractivity contribution < 1.29 is 28.3 Å². The summed E-state index contributed by atoms with van der Waals surface area (Å²) in [7, 11) is 1.18. The van der Waals surface area contributed by atoms with Crippen molar-refractivity contribution in [1.29, 1.82) is 0 Å². The van der Waals surface area contributed by atoms with Crippen molar-refractivity contribution in [2.45, 2.75) is 56.7 Å². The number of carbonyl (C=O) groups is 4. The van der Waals surface area contributed by atoms with E-state index < -0.39 is 29.4 Å². The lowest BCUT2D eigenvalue weighted by molar-refractivity contribution is -0.141. The molecule has 0 bridgehead atoms. The third kappa shape index (κ3) is 3.99. The van der Waals surface area contributed by atoms with Gasteiger partial charge >= 0.3 is 12.1 Å². The van der Waals surface area contributed by atoms with Gasteiger partial charge in [0, 0.05) is 12.6 Å². The number of rotatable bonds is 4. The second-order valence-electron chi connectivity index (χ2n) is 10.6. The van der Waals surface area contributed by atoms with Gasteiger partial charge in [-0.1, -0.05) is 24.3 Å². The van der Waals surface area contributed by atoms with Gasteiger partial charge in [-0.2, -0.15) is 0 Å². The molecular weight excluding hydrogens is 491 g/mol. The normalized spacial score (nSPS) is 24.1. The van der Waals surface area contributed by atoms with Gasteiger partial charge in [-0.05, 0) is 78.8 Å². The Labute approximate surface area is 219 Å². The van der Waals surface area contributed by atoms with Gasteiger partial charge in [0.2, 0.25) is 5.91 Å². The first-order valence-electron chi connectivity index (χ1n) is 13.0. The summed E-state index contributed by atoms with van der Waals surface area (Å²) < 4.78 is 19.4. The molecule has 9 nitrogen and oxygen atoms in total. The van der Waals surface area contributed by atoms with Gasteiger partial charge in [-0.15, -0.1) is 0 Å². The maximum Gasteiger partial charge on any atom is 0.411 e. The molecule has 2 N–H and O–H groups in total. The predicted molar refractivity (Wildman–Crippen MR) is 134 cm³/mol. The van der Waals surface area contributed by atoms with Crippen LogP contribution in [0.1, 0.15) is 47.9 Å². The van der Waals surface area contributed by atoms with Crippen LogP contribution < -0.4 is 10.6 Å². The average Bonchev–Trinajstić information content (AvgIpc) is 3.68. The number of imide groups is 1. The fourth-order valence-corrected chi connectivity index (χ4v) is 6.24. The van der Waals surface area contributed by atoms with Crippen LogP contribution in [0.25, 0.3) is 0 Å². The van der Waals surface area contributed by atoms with Gasteiger partial charge in [0.1, 0.15) is 17.9 Å². The minimum absolute atomic E-state index is 0.0657. The zero-order valence-electron chi connectivity index (χ0n) is 21.1. The number of halogens is 1. The first-order valence-corrected chi connectivity index (χ1v) is 13.0. The average molecular weight is 521 g/mol. The topological polar surface area (TPSA) is 108 Å². The van der Waals surface area contributed by atoms with Crippen molar-refractivity contribution in [3.63, 3.8) is 0 Å². The Bertz CT molecular complexity index is 1360. The van der Waals surface area contributed by atoms with Crippen LogP contribution in [0.5, 0.6) is 0 Å². The highest BCUT2D eigenvalue weighted by Gasteiger charge is 2.56. The van der Waals surface area contributed by atoms with Crippen molar-refractivity contribution in [2.75, 3.05) is 19.0 Å². The quantitative estimate of drug-likeness (QED) is 0.601. The molecule has 0 radical (unpaired) electrons. The second kappa shape index (κ2) is 9.11. The third-order valence-electron chi connectivity index (χ3n) is 8.37. The molecular formula is C28H29FN4O5. The summed E-state index contributed by atoms with van der Waals surface area (Å²) >= 11 is 0. The summed E-state index contributed by atoms with van der Waals surface area (Å²) in [6.45, 7) is 0.0899. The van der Waals surface area contributed by atoms with Gasteiger partial charge in [0.25, 0.3) is 5.91 Å². The molecule has 2 atom stereocenters. The van der Waals surface area contributed by atoms with Crippen LogP contribution in [-0.4, -0.2) is 53.4 Å². The van der Waals surface area contributed by atoms with Crippen LogP contribution in [0.3, 0.4) is 0 Å². The Morgan fingerprint density at radius 3 is 2.61 bits per heavy atom. The van der Waals surface area contributed by atoms with Gasteiger partial charge in [-0.25, -0.2) is 14.0 Å². The number of urea groups is 1. The Hall–Kier alpha value is -3.95. The highest BCUT2D eigenvalue weighted by Crippen LogP contribution is 2.44. The summed E-state index contributed by atoms with van der Waals surface area (Å²) in [5.74, 6) is -1.12. The zero-order valence-corrected chi connectivity index (χ0v) is 21.1. The lowest BCUT2D eigenvalue weighted by Crippen LogP contribution is -2.48. The lowest BCUT2D eigenvalue weighted by Gasteiger charge is -2.31. The molecule has 6 rings (SSSR count). The number of amides is 5. The number of carbonyl (C=O) groups excluding carboxylic acids is 4. The van der Waals surface area contributed by atoms with Crippen LogP contribution in [0.2, 0.25) is 0 Å². The minimum atomic E-state index is -1.43. The maximum atomic E-state index is 14.9. The largest absolute Gasteiger partial charge is 0.453 e. The number of fused-ring (bicyclic) bond motifs is 3. The van der Waals surface area contributed by atoms with E-state index >= 15 is 0 Å². The van der Waals surface area contributed by atoms with Crippen LogP contribution in [0, 0.1) is 11.7 Å². The van der Waals surface area contributed by atoms with Crippen molar-refractivity contribution in [1.82, 2.24) is 15.1 Å². The molecule has 2 aromatic rings. The molecule has 0 aromatic heterocycles. The van der Waals surface area contributed by atoms with E-state index in [1.54, 1.807) is 0 Å². The fourth-order valence-electron chi connectivity index (χ4n) is 6.24. The van der Waals surface area contributed by atoms with Crippen LogP contribution in [-0.2, 0) is 39.3 Å². The molecule has 1 saturated heterocycles. The van der Waals surface area contributed by atoms with Crippen LogP contribution in [0.15, 0.2) is 36.4 Å². The van der Waals surface area contributed by atoms with E-state index in [0.717, 1.165) is 36.1 Å². The summed E-state index contributed by atoms with van der Waals surface area (Å²) in [5, 5.41) is 5.08. The Morgan fingerprint density at radius 1 is 1.11 bits per heavy atom. The molecule has 1 spiro atoms. The monoisotopic (exact) mass is 520 g/mol. The van der Waals surface area contributed by atoms with E-state index in [-0.39, 0.29) is 30.6 Å². The standard InChI is InChI=1S/C28H29FN4O5/c1-38-27(37)30-22-12-18-10-11-28(20(18)13-21(22)29)25(35)33(26(36)31-28)15-24(34)32-14-19-5-3-2-4-16(19)8-9-23(32)17-6-7-17/h2-5,12-13,17,23H,6-11,14-15H2,1H3,(H,30,37)(H,31,36). The SMILES string of the molecule is COC(=O)Nc1cc2c(cc1F)C1(CC2)NC(=O)N(CC(=O)N2Cc3ccccc3CCC2C2CC2)C1=O. The molecule has 10 heteroatoms. The highest BCUT2D eigenvalue weighted by atomic mass is 19.1.